The number of morpholine rings is 1. The molecule has 1 N–H and O–H groups in total. The van der Waals surface area contributed by atoms with Crippen LogP contribution in [0.2, 0.25) is 5.02 Å². The smallest absolute Gasteiger partial charge is 0.338 e. The summed E-state index contributed by atoms with van der Waals surface area (Å²) in [6, 6.07) is 18.5. The predicted octanol–water partition coefficient (Wildman–Crippen LogP) is 4.53. The number of nitrogens with one attached hydrogen (secondary N) is 1. The monoisotopic (exact) mass is 546 g/mol. The molecule has 1 fully saturated rings. The number of aliphatic imine (C=N–C) groups is 1. The van der Waals surface area contributed by atoms with E-state index in [4.69, 9.17) is 21.1 Å². The highest BCUT2D eigenvalue weighted by molar-refractivity contribution is 6.55. The van der Waals surface area contributed by atoms with E-state index in [0.29, 0.717) is 65.3 Å². The maximum Gasteiger partial charge on any atom is 0.338 e. The van der Waals surface area contributed by atoms with Crippen molar-refractivity contribution in [3.8, 4) is 0 Å². The number of amides is 2. The van der Waals surface area contributed by atoms with Gasteiger partial charge in [0, 0.05) is 34.9 Å². The topological polar surface area (TPSA) is 101 Å². The molecule has 0 atom stereocenters. The molecule has 9 nitrogen and oxygen atoms in total. The first kappa shape index (κ1) is 26.6. The van der Waals surface area contributed by atoms with Gasteiger partial charge in [-0.3, -0.25) is 19.4 Å². The molecular weight excluding hydrogens is 520 g/mol. The number of fused-ring (bicyclic) bond motifs is 1. The lowest BCUT2D eigenvalue weighted by Crippen LogP contribution is -2.45. The van der Waals surface area contributed by atoms with Crippen LogP contribution in [-0.2, 0) is 14.3 Å². The lowest BCUT2D eigenvalue weighted by Gasteiger charge is -2.30. The molecule has 0 aliphatic carbocycles. The molecule has 0 aromatic heterocycles. The first-order valence-electron chi connectivity index (χ1n) is 12.6. The minimum Gasteiger partial charge on any atom is -0.462 e. The van der Waals surface area contributed by atoms with Crippen LogP contribution in [0.25, 0.3) is 0 Å². The van der Waals surface area contributed by atoms with Crippen molar-refractivity contribution in [2.45, 2.75) is 6.92 Å². The fourth-order valence-electron chi connectivity index (χ4n) is 4.40. The van der Waals surface area contributed by atoms with Gasteiger partial charge < -0.3 is 14.8 Å². The van der Waals surface area contributed by atoms with Crippen LogP contribution in [0.1, 0.15) is 33.2 Å². The third-order valence-corrected chi connectivity index (χ3v) is 6.66. The molecule has 3 aromatic carbocycles. The lowest BCUT2D eigenvalue weighted by atomic mass is 10.1. The molecule has 10 heteroatoms. The van der Waals surface area contributed by atoms with Gasteiger partial charge in [-0.15, -0.1) is 0 Å². The molecule has 0 radical (unpaired) electrons. The zero-order chi connectivity index (χ0) is 27.4. The molecule has 0 saturated carbocycles. The Balaban J connectivity index is 1.31. The minimum atomic E-state index is -0.414. The second-order valence-corrected chi connectivity index (χ2v) is 9.46. The van der Waals surface area contributed by atoms with Gasteiger partial charge in [-0.2, -0.15) is 0 Å². The van der Waals surface area contributed by atoms with Gasteiger partial charge in [-0.25, -0.2) is 9.79 Å². The summed E-state index contributed by atoms with van der Waals surface area (Å²) in [6.45, 7) is 5.24. The largest absolute Gasteiger partial charge is 0.462 e. The Morgan fingerprint density at radius 1 is 1.00 bits per heavy atom. The molecule has 2 heterocycles. The molecule has 5 rings (SSSR count). The van der Waals surface area contributed by atoms with E-state index in [1.54, 1.807) is 72.5 Å². The number of esters is 1. The van der Waals surface area contributed by atoms with E-state index in [1.807, 2.05) is 6.07 Å². The van der Waals surface area contributed by atoms with Crippen LogP contribution in [-0.4, -0.2) is 68.0 Å². The highest BCUT2D eigenvalue weighted by Crippen LogP contribution is 2.33. The van der Waals surface area contributed by atoms with E-state index >= 15 is 0 Å². The highest BCUT2D eigenvalue weighted by atomic mass is 35.5. The number of carbonyl (C=O) groups excluding carboxylic acids is 3. The van der Waals surface area contributed by atoms with Gasteiger partial charge >= 0.3 is 5.97 Å². The van der Waals surface area contributed by atoms with Crippen molar-refractivity contribution in [3.63, 3.8) is 0 Å². The van der Waals surface area contributed by atoms with Crippen molar-refractivity contribution in [2.75, 3.05) is 49.8 Å². The van der Waals surface area contributed by atoms with Crippen LogP contribution in [0.15, 0.2) is 71.7 Å². The summed E-state index contributed by atoms with van der Waals surface area (Å²) >= 11 is 6.26. The van der Waals surface area contributed by atoms with Gasteiger partial charge in [0.05, 0.1) is 43.4 Å². The Morgan fingerprint density at radius 2 is 1.69 bits per heavy atom. The van der Waals surface area contributed by atoms with E-state index in [2.05, 4.69) is 15.2 Å². The van der Waals surface area contributed by atoms with Crippen molar-refractivity contribution in [1.29, 1.82) is 0 Å². The number of rotatable bonds is 7. The van der Waals surface area contributed by atoms with Gasteiger partial charge in [0.25, 0.3) is 11.8 Å². The quantitative estimate of drug-likeness (QED) is 0.437. The summed E-state index contributed by atoms with van der Waals surface area (Å²) < 4.78 is 10.4. The summed E-state index contributed by atoms with van der Waals surface area (Å²) in [5.74, 6) is -0.932. The minimum absolute atomic E-state index is 0.202. The molecule has 0 bridgehead atoms. The van der Waals surface area contributed by atoms with Gasteiger partial charge in [0.2, 0.25) is 0 Å². The third kappa shape index (κ3) is 6.01. The molecule has 2 aliphatic rings. The molecular formula is C29H27ClN4O5. The van der Waals surface area contributed by atoms with Crippen LogP contribution in [0.4, 0.5) is 17.1 Å². The van der Waals surface area contributed by atoms with Crippen molar-refractivity contribution in [1.82, 2.24) is 4.90 Å². The van der Waals surface area contributed by atoms with Crippen LogP contribution < -0.4 is 10.2 Å². The number of halogens is 1. The number of benzene rings is 3. The average molecular weight is 547 g/mol. The number of carbonyl (C=O) groups is 3. The van der Waals surface area contributed by atoms with E-state index in [1.165, 1.54) is 0 Å². The van der Waals surface area contributed by atoms with Gasteiger partial charge in [0.1, 0.15) is 5.71 Å². The predicted molar refractivity (Wildman–Crippen MR) is 149 cm³/mol. The molecule has 1 saturated heterocycles. The first-order chi connectivity index (χ1) is 18.9. The molecule has 2 aliphatic heterocycles. The maximum atomic E-state index is 13.4. The van der Waals surface area contributed by atoms with Gasteiger partial charge in [-0.1, -0.05) is 11.6 Å². The Kier molecular flexibility index (Phi) is 8.02. The second kappa shape index (κ2) is 11.8. The van der Waals surface area contributed by atoms with Gasteiger partial charge in [-0.05, 0) is 73.7 Å². The first-order valence-corrected chi connectivity index (χ1v) is 13.0. The fourth-order valence-corrected chi connectivity index (χ4v) is 4.57. The summed E-state index contributed by atoms with van der Waals surface area (Å²) in [5, 5.41) is 3.32. The maximum absolute atomic E-state index is 13.4. The van der Waals surface area contributed by atoms with Crippen LogP contribution in [0.5, 0.6) is 0 Å². The molecule has 200 valence electrons. The van der Waals surface area contributed by atoms with E-state index in [0.717, 1.165) is 18.8 Å². The standard InChI is InChI=1S/C29H27ClN4O5/c1-2-39-29(37)20-5-10-23(11-6-20)32-27(35)19-3-8-22(9-4-19)31-26-24-17-21(30)7-12-25(24)34(28(26)36)18-33-13-15-38-16-14-33/h3-12,17H,2,13-16,18H2,1H3,(H,32,35). The molecule has 3 aromatic rings. The number of hydrogen-bond acceptors (Lipinski definition) is 7. The Hall–Kier alpha value is -4.05. The van der Waals surface area contributed by atoms with Crippen molar-refractivity contribution in [3.05, 3.63) is 88.4 Å². The van der Waals surface area contributed by atoms with Crippen LogP contribution >= 0.6 is 11.6 Å². The second-order valence-electron chi connectivity index (χ2n) is 9.03. The third-order valence-electron chi connectivity index (χ3n) is 6.42. The Labute approximate surface area is 231 Å². The molecule has 0 unspecified atom stereocenters. The highest BCUT2D eigenvalue weighted by Gasteiger charge is 2.35. The number of anilines is 2. The zero-order valence-electron chi connectivity index (χ0n) is 21.4. The Morgan fingerprint density at radius 3 is 2.38 bits per heavy atom. The van der Waals surface area contributed by atoms with E-state index in [-0.39, 0.29) is 11.8 Å². The molecule has 39 heavy (non-hydrogen) atoms. The SMILES string of the molecule is CCOC(=O)c1ccc(NC(=O)c2ccc(N=C3C(=O)N(CN4CCOCC4)c4ccc(Cl)cc43)cc2)cc1. The number of hydrogen-bond donors (Lipinski definition) is 1. The average Bonchev–Trinajstić information content (AvgIpc) is 3.19. The van der Waals surface area contributed by atoms with Crippen molar-refractivity contribution < 1.29 is 23.9 Å². The molecule has 2 amide bonds. The zero-order valence-corrected chi connectivity index (χ0v) is 22.1. The van der Waals surface area contributed by atoms with Crippen LogP contribution in [0, 0.1) is 0 Å². The normalized spacial score (nSPS) is 16.3. The lowest BCUT2D eigenvalue weighted by molar-refractivity contribution is -0.112. The summed E-state index contributed by atoms with van der Waals surface area (Å²) in [5.41, 5.74) is 3.65. The fraction of sp³-hybridized carbons (Fsp3) is 0.241. The summed E-state index contributed by atoms with van der Waals surface area (Å²) in [4.78, 5) is 46.5. The van der Waals surface area contributed by atoms with Crippen LogP contribution in [0.3, 0.4) is 0 Å². The van der Waals surface area contributed by atoms with Crippen molar-refractivity contribution >= 4 is 52.2 Å². The number of ether oxygens (including phenoxy) is 2. The summed E-state index contributed by atoms with van der Waals surface area (Å²) in [7, 11) is 0. The Bertz CT molecular complexity index is 1420. The number of nitrogens with zero attached hydrogens (tertiary/aromatic N) is 3. The molecule has 0 spiro atoms. The van der Waals surface area contributed by atoms with E-state index < -0.39 is 5.97 Å². The van der Waals surface area contributed by atoms with Crippen molar-refractivity contribution in [2.24, 2.45) is 4.99 Å². The van der Waals surface area contributed by atoms with E-state index in [9.17, 15) is 14.4 Å². The summed E-state index contributed by atoms with van der Waals surface area (Å²) in [6.07, 6.45) is 0. The van der Waals surface area contributed by atoms with Gasteiger partial charge in [0.15, 0.2) is 0 Å².